The summed E-state index contributed by atoms with van der Waals surface area (Å²) in [5, 5.41) is 3.01. The van der Waals surface area contributed by atoms with E-state index in [-0.39, 0.29) is 11.9 Å². The van der Waals surface area contributed by atoms with Gasteiger partial charge in [0.2, 0.25) is 0 Å². The van der Waals surface area contributed by atoms with Gasteiger partial charge in [-0.05, 0) is 44.0 Å². The maximum Gasteiger partial charge on any atom is 0.270 e. The Bertz CT molecular complexity index is 877. The van der Waals surface area contributed by atoms with E-state index < -0.39 is 0 Å². The quantitative estimate of drug-likeness (QED) is 0.635. The Hall–Kier alpha value is -3.14. The molecule has 3 rings (SSSR count). The lowest BCUT2D eigenvalue weighted by molar-refractivity contribution is 0.0935. The molecule has 2 aromatic carbocycles. The second-order valence-corrected chi connectivity index (χ2v) is 7.21. The fourth-order valence-electron chi connectivity index (χ4n) is 3.14. The van der Waals surface area contributed by atoms with E-state index in [1.807, 2.05) is 61.5 Å². The monoisotopic (exact) mass is 373 g/mol. The maximum absolute atomic E-state index is 12.5. The van der Waals surface area contributed by atoms with Gasteiger partial charge in [-0.1, -0.05) is 60.7 Å². The van der Waals surface area contributed by atoms with Crippen molar-refractivity contribution >= 4 is 11.6 Å². The molecule has 1 aromatic heterocycles. The van der Waals surface area contributed by atoms with Crippen molar-refractivity contribution in [2.75, 3.05) is 4.90 Å². The molecule has 1 amide bonds. The van der Waals surface area contributed by atoms with Gasteiger partial charge >= 0.3 is 0 Å². The molecule has 144 valence electrons. The van der Waals surface area contributed by atoms with Gasteiger partial charge in [0, 0.05) is 12.6 Å². The summed E-state index contributed by atoms with van der Waals surface area (Å²) in [5.74, 6) is -0.165. The third-order valence-electron chi connectivity index (χ3n) is 4.78. The molecule has 1 unspecified atom stereocenters. The number of anilines is 1. The van der Waals surface area contributed by atoms with Gasteiger partial charge in [-0.25, -0.2) is 4.98 Å². The smallest absolute Gasteiger partial charge is 0.270 e. The van der Waals surface area contributed by atoms with Gasteiger partial charge in [-0.15, -0.1) is 0 Å². The minimum atomic E-state index is -0.165. The van der Waals surface area contributed by atoms with Crippen LogP contribution in [0.3, 0.4) is 0 Å². The minimum absolute atomic E-state index is 0.0691. The Kier molecular flexibility index (Phi) is 6.43. The van der Waals surface area contributed by atoms with E-state index in [0.29, 0.717) is 11.7 Å². The zero-order valence-corrected chi connectivity index (χ0v) is 16.7. The van der Waals surface area contributed by atoms with Crippen molar-refractivity contribution in [3.8, 4) is 0 Å². The molecule has 1 heterocycles. The molecule has 0 spiro atoms. The largest absolute Gasteiger partial charge is 0.364 e. The fourth-order valence-corrected chi connectivity index (χ4v) is 3.14. The number of nitrogens with one attached hydrogen (secondary N) is 1. The number of aromatic nitrogens is 1. The molecular weight excluding hydrogens is 346 g/mol. The molecule has 0 radical (unpaired) electrons. The van der Waals surface area contributed by atoms with Crippen LogP contribution >= 0.6 is 0 Å². The number of amides is 1. The minimum Gasteiger partial charge on any atom is -0.364 e. The lowest BCUT2D eigenvalue weighted by Gasteiger charge is -2.29. The van der Waals surface area contributed by atoms with E-state index in [4.69, 9.17) is 0 Å². The predicted octanol–water partition coefficient (Wildman–Crippen LogP) is 4.99. The Labute approximate surface area is 167 Å². The number of nitrogens with zero attached hydrogens (tertiary/aromatic N) is 2. The summed E-state index contributed by atoms with van der Waals surface area (Å²) < 4.78 is 0. The normalized spacial score (nSPS) is 11.9. The van der Waals surface area contributed by atoms with Crippen molar-refractivity contribution in [1.29, 1.82) is 0 Å². The summed E-state index contributed by atoms with van der Waals surface area (Å²) >= 11 is 0. The Morgan fingerprint density at radius 2 is 1.57 bits per heavy atom. The van der Waals surface area contributed by atoms with E-state index in [1.165, 1.54) is 5.56 Å². The highest BCUT2D eigenvalue weighted by molar-refractivity contribution is 5.92. The molecule has 4 nitrogen and oxygen atoms in total. The highest BCUT2D eigenvalue weighted by Crippen LogP contribution is 2.20. The molecular formula is C24H27N3O. The summed E-state index contributed by atoms with van der Waals surface area (Å²) in [7, 11) is 0. The summed E-state index contributed by atoms with van der Waals surface area (Å²) in [4.78, 5) is 19.2. The third kappa shape index (κ3) is 4.97. The molecule has 0 saturated heterocycles. The average Bonchev–Trinajstić information content (AvgIpc) is 2.73. The van der Waals surface area contributed by atoms with Gasteiger partial charge in [-0.3, -0.25) is 4.79 Å². The highest BCUT2D eigenvalue weighted by atomic mass is 16.1. The van der Waals surface area contributed by atoms with E-state index in [1.54, 1.807) is 12.3 Å². The average molecular weight is 374 g/mol. The summed E-state index contributed by atoms with van der Waals surface area (Å²) in [5.41, 5.74) is 3.75. The van der Waals surface area contributed by atoms with Gasteiger partial charge in [0.05, 0.1) is 17.9 Å². The summed E-state index contributed by atoms with van der Waals surface area (Å²) in [6.07, 6.45) is 1.78. The molecule has 1 N–H and O–H groups in total. The highest BCUT2D eigenvalue weighted by Gasteiger charge is 2.15. The number of rotatable bonds is 7. The van der Waals surface area contributed by atoms with Crippen LogP contribution in [0.4, 0.5) is 5.69 Å². The molecule has 0 bridgehead atoms. The lowest BCUT2D eigenvalue weighted by atomic mass is 10.1. The first-order valence-electron chi connectivity index (χ1n) is 9.67. The van der Waals surface area contributed by atoms with Gasteiger partial charge in [0.1, 0.15) is 5.69 Å². The van der Waals surface area contributed by atoms with Crippen LogP contribution < -0.4 is 10.2 Å². The van der Waals surface area contributed by atoms with Gasteiger partial charge < -0.3 is 10.2 Å². The van der Waals surface area contributed by atoms with Crippen molar-refractivity contribution in [2.24, 2.45) is 0 Å². The maximum atomic E-state index is 12.5. The number of hydrogen-bond acceptors (Lipinski definition) is 3. The van der Waals surface area contributed by atoms with Crippen molar-refractivity contribution in [3.05, 3.63) is 95.8 Å². The standard InChI is InChI=1S/C24H27N3O/c1-18(2)27(17-20-10-6-4-7-11-20)22-14-15-23(25-16-22)24(28)26-19(3)21-12-8-5-9-13-21/h4-16,18-19H,17H2,1-3H3,(H,26,28). The SMILES string of the molecule is CC(NC(=O)c1ccc(N(Cc2ccccc2)C(C)C)cn1)c1ccccc1. The summed E-state index contributed by atoms with van der Waals surface area (Å²) in [6.45, 7) is 7.09. The predicted molar refractivity (Wildman–Crippen MR) is 114 cm³/mol. The molecule has 4 heteroatoms. The second-order valence-electron chi connectivity index (χ2n) is 7.21. The van der Waals surface area contributed by atoms with Crippen LogP contribution in [-0.2, 0) is 6.54 Å². The van der Waals surface area contributed by atoms with Crippen molar-refractivity contribution in [3.63, 3.8) is 0 Å². The molecule has 3 aromatic rings. The van der Waals surface area contributed by atoms with Crippen molar-refractivity contribution in [2.45, 2.75) is 39.4 Å². The van der Waals surface area contributed by atoms with E-state index in [0.717, 1.165) is 17.8 Å². The van der Waals surface area contributed by atoms with Crippen LogP contribution in [0.15, 0.2) is 79.0 Å². The van der Waals surface area contributed by atoms with Crippen LogP contribution in [0.2, 0.25) is 0 Å². The molecule has 28 heavy (non-hydrogen) atoms. The van der Waals surface area contributed by atoms with Crippen molar-refractivity contribution in [1.82, 2.24) is 10.3 Å². The third-order valence-corrected chi connectivity index (χ3v) is 4.78. The zero-order chi connectivity index (χ0) is 19.9. The Morgan fingerprint density at radius 3 is 2.14 bits per heavy atom. The van der Waals surface area contributed by atoms with Crippen molar-refractivity contribution < 1.29 is 4.79 Å². The topological polar surface area (TPSA) is 45.2 Å². The molecule has 0 aliphatic heterocycles. The summed E-state index contributed by atoms with van der Waals surface area (Å²) in [6, 6.07) is 24.3. The van der Waals surface area contributed by atoms with E-state index >= 15 is 0 Å². The van der Waals surface area contributed by atoms with Crippen LogP contribution in [-0.4, -0.2) is 16.9 Å². The van der Waals surface area contributed by atoms with Crippen LogP contribution in [0.5, 0.6) is 0 Å². The molecule has 0 saturated carbocycles. The molecule has 0 aliphatic rings. The molecule has 0 fully saturated rings. The molecule has 1 atom stereocenters. The fraction of sp³-hybridized carbons (Fsp3) is 0.250. The number of hydrogen-bond donors (Lipinski definition) is 1. The first kappa shape index (κ1) is 19.6. The Morgan fingerprint density at radius 1 is 0.929 bits per heavy atom. The first-order valence-corrected chi connectivity index (χ1v) is 9.67. The zero-order valence-electron chi connectivity index (χ0n) is 16.7. The van der Waals surface area contributed by atoms with Crippen LogP contribution in [0.1, 0.15) is 48.4 Å². The first-order chi connectivity index (χ1) is 13.5. The number of pyridine rings is 1. The number of carbonyl (C=O) groups excluding carboxylic acids is 1. The van der Waals surface area contributed by atoms with Gasteiger partial charge in [-0.2, -0.15) is 0 Å². The van der Waals surface area contributed by atoms with E-state index in [2.05, 4.69) is 41.2 Å². The molecule has 0 aliphatic carbocycles. The lowest BCUT2D eigenvalue weighted by Crippen LogP contribution is -2.31. The van der Waals surface area contributed by atoms with Gasteiger partial charge in [0.25, 0.3) is 5.91 Å². The van der Waals surface area contributed by atoms with Crippen LogP contribution in [0.25, 0.3) is 0 Å². The second kappa shape index (κ2) is 9.18. The van der Waals surface area contributed by atoms with Gasteiger partial charge in [0.15, 0.2) is 0 Å². The Balaban J connectivity index is 1.69. The number of benzene rings is 2. The van der Waals surface area contributed by atoms with Crippen LogP contribution in [0, 0.1) is 0 Å². The number of carbonyl (C=O) groups is 1. The van der Waals surface area contributed by atoms with E-state index in [9.17, 15) is 4.79 Å².